The van der Waals surface area contributed by atoms with Crippen LogP contribution in [0.15, 0.2) is 72.8 Å². The number of hydrogen-bond acceptors (Lipinski definition) is 9. The van der Waals surface area contributed by atoms with Gasteiger partial charge in [0.2, 0.25) is 0 Å². The predicted octanol–water partition coefficient (Wildman–Crippen LogP) is 8.39. The van der Waals surface area contributed by atoms with Crippen LogP contribution in [0.2, 0.25) is 0 Å². The van der Waals surface area contributed by atoms with E-state index in [1.54, 1.807) is 55.4 Å². The lowest BCUT2D eigenvalue weighted by Crippen LogP contribution is -2.44. The standard InChI is InChI=1S/C35H44N2O9/c1-24(2)36(32(38)45-34(3,4)5)21-31(44-33(39)46-35(6,7)8)27-19-29(42-22-25-15-11-9-12-16-25)30(20-28(27)37(40)41)43-23-26-17-13-10-14-18-26/h9-20,24,31H,21-23H2,1-8H3. The average molecular weight is 637 g/mol. The van der Waals surface area contributed by atoms with Crippen LogP contribution in [0.4, 0.5) is 15.3 Å². The van der Waals surface area contributed by atoms with E-state index < -0.39 is 46.2 Å². The summed E-state index contributed by atoms with van der Waals surface area (Å²) in [5.74, 6) is 0.311. The summed E-state index contributed by atoms with van der Waals surface area (Å²) >= 11 is 0. The average Bonchev–Trinajstić information content (AvgIpc) is 2.95. The first-order valence-corrected chi connectivity index (χ1v) is 15.1. The molecule has 3 rings (SSSR count). The first-order valence-electron chi connectivity index (χ1n) is 15.1. The number of nitrogens with zero attached hydrogens (tertiary/aromatic N) is 2. The van der Waals surface area contributed by atoms with Crippen molar-refractivity contribution in [2.24, 2.45) is 0 Å². The molecule has 3 aromatic carbocycles. The van der Waals surface area contributed by atoms with Crippen molar-refractivity contribution in [1.82, 2.24) is 4.90 Å². The summed E-state index contributed by atoms with van der Waals surface area (Å²) in [7, 11) is 0. The van der Waals surface area contributed by atoms with Gasteiger partial charge in [0.05, 0.1) is 23.1 Å². The molecule has 1 atom stereocenters. The molecule has 0 N–H and O–H groups in total. The van der Waals surface area contributed by atoms with Crippen LogP contribution >= 0.6 is 0 Å². The zero-order valence-corrected chi connectivity index (χ0v) is 27.8. The minimum atomic E-state index is -1.34. The minimum Gasteiger partial charge on any atom is -0.485 e. The SMILES string of the molecule is CC(C)N(CC(OC(=O)OC(C)(C)C)c1cc(OCc2ccccc2)c(OCc2ccccc2)cc1[N+](=O)[O-])C(=O)OC(C)(C)C. The molecule has 0 aliphatic rings. The number of carbonyl (C=O) groups excluding carboxylic acids is 2. The van der Waals surface area contributed by atoms with E-state index in [0.717, 1.165) is 11.1 Å². The normalized spacial score (nSPS) is 12.2. The highest BCUT2D eigenvalue weighted by molar-refractivity contribution is 5.69. The van der Waals surface area contributed by atoms with Crippen molar-refractivity contribution >= 4 is 17.9 Å². The van der Waals surface area contributed by atoms with Gasteiger partial charge in [-0.25, -0.2) is 9.59 Å². The van der Waals surface area contributed by atoms with Gasteiger partial charge in [0.25, 0.3) is 5.69 Å². The fraction of sp³-hybridized carbons (Fsp3) is 0.429. The molecule has 46 heavy (non-hydrogen) atoms. The Balaban J connectivity index is 2.13. The fourth-order valence-corrected chi connectivity index (χ4v) is 4.26. The van der Waals surface area contributed by atoms with Crippen LogP contribution in [0.1, 0.15) is 78.2 Å². The van der Waals surface area contributed by atoms with Gasteiger partial charge in [-0.1, -0.05) is 60.7 Å². The van der Waals surface area contributed by atoms with Gasteiger partial charge in [0.1, 0.15) is 24.4 Å². The molecule has 11 heteroatoms. The van der Waals surface area contributed by atoms with Gasteiger partial charge in [0, 0.05) is 6.04 Å². The lowest BCUT2D eigenvalue weighted by molar-refractivity contribution is -0.386. The van der Waals surface area contributed by atoms with E-state index in [4.69, 9.17) is 23.7 Å². The Bertz CT molecular complexity index is 1460. The summed E-state index contributed by atoms with van der Waals surface area (Å²) in [6.07, 6.45) is -3.07. The Hall–Kier alpha value is -4.80. The second kappa shape index (κ2) is 15.5. The van der Waals surface area contributed by atoms with Gasteiger partial charge < -0.3 is 28.6 Å². The van der Waals surface area contributed by atoms with E-state index in [1.165, 1.54) is 17.0 Å². The first-order chi connectivity index (χ1) is 21.5. The van der Waals surface area contributed by atoms with E-state index in [1.807, 2.05) is 60.7 Å². The second-order valence-electron chi connectivity index (χ2n) is 13.0. The van der Waals surface area contributed by atoms with E-state index >= 15 is 0 Å². The van der Waals surface area contributed by atoms with Gasteiger partial charge in [0.15, 0.2) is 17.6 Å². The Labute approximate surface area is 270 Å². The Morgan fingerprint density at radius 3 is 1.70 bits per heavy atom. The van der Waals surface area contributed by atoms with Crippen LogP contribution in [0, 0.1) is 10.1 Å². The van der Waals surface area contributed by atoms with Crippen LogP contribution in [0.3, 0.4) is 0 Å². The van der Waals surface area contributed by atoms with Crippen LogP contribution in [0.5, 0.6) is 11.5 Å². The molecule has 0 saturated heterocycles. The zero-order chi connectivity index (χ0) is 34.1. The number of ether oxygens (including phenoxy) is 5. The lowest BCUT2D eigenvalue weighted by atomic mass is 10.0. The number of carbonyl (C=O) groups is 2. The number of nitro groups is 1. The maximum atomic E-state index is 13.3. The number of hydrogen-bond donors (Lipinski definition) is 0. The van der Waals surface area contributed by atoms with Crippen molar-refractivity contribution < 1.29 is 38.2 Å². The molecule has 0 bridgehead atoms. The van der Waals surface area contributed by atoms with Crippen LogP contribution in [-0.2, 0) is 27.4 Å². The monoisotopic (exact) mass is 636 g/mol. The Morgan fingerprint density at radius 2 is 1.26 bits per heavy atom. The zero-order valence-electron chi connectivity index (χ0n) is 27.8. The van der Waals surface area contributed by atoms with Crippen LogP contribution < -0.4 is 9.47 Å². The summed E-state index contributed by atoms with van der Waals surface area (Å²) in [5, 5.41) is 12.5. The molecule has 1 amide bonds. The summed E-state index contributed by atoms with van der Waals surface area (Å²) in [6.45, 7) is 13.7. The molecule has 0 heterocycles. The van der Waals surface area contributed by atoms with Gasteiger partial charge in [-0.15, -0.1) is 0 Å². The third-order valence-corrected chi connectivity index (χ3v) is 6.35. The number of amides is 1. The Morgan fingerprint density at radius 1 is 0.783 bits per heavy atom. The second-order valence-corrected chi connectivity index (χ2v) is 13.0. The van der Waals surface area contributed by atoms with Crippen molar-refractivity contribution in [3.8, 4) is 11.5 Å². The molecule has 0 aliphatic carbocycles. The molecule has 0 spiro atoms. The minimum absolute atomic E-state index is 0.0137. The Kier molecular flexibility index (Phi) is 12.0. The quantitative estimate of drug-likeness (QED) is 0.109. The fourth-order valence-electron chi connectivity index (χ4n) is 4.26. The van der Waals surface area contributed by atoms with Gasteiger partial charge >= 0.3 is 12.2 Å². The van der Waals surface area contributed by atoms with Gasteiger partial charge in [-0.3, -0.25) is 10.1 Å². The summed E-state index contributed by atoms with van der Waals surface area (Å²) in [6, 6.07) is 21.0. The summed E-state index contributed by atoms with van der Waals surface area (Å²) in [5.41, 5.74) is -0.423. The smallest absolute Gasteiger partial charge is 0.485 e. The third kappa shape index (κ3) is 11.3. The highest BCUT2D eigenvalue weighted by Crippen LogP contribution is 2.40. The van der Waals surface area contributed by atoms with Crippen molar-refractivity contribution in [2.75, 3.05) is 6.54 Å². The first kappa shape index (κ1) is 35.7. The molecule has 3 aromatic rings. The van der Waals surface area contributed by atoms with Crippen LogP contribution in [0.25, 0.3) is 0 Å². The van der Waals surface area contributed by atoms with E-state index in [9.17, 15) is 19.7 Å². The molecule has 248 valence electrons. The summed E-state index contributed by atoms with van der Waals surface area (Å²) in [4.78, 5) is 39.5. The van der Waals surface area contributed by atoms with Crippen LogP contribution in [-0.4, -0.2) is 45.9 Å². The largest absolute Gasteiger partial charge is 0.509 e. The number of rotatable bonds is 12. The molecule has 1 unspecified atom stereocenters. The van der Waals surface area contributed by atoms with Crippen molar-refractivity contribution in [2.45, 2.75) is 92.0 Å². The highest BCUT2D eigenvalue weighted by Gasteiger charge is 2.35. The maximum absolute atomic E-state index is 13.3. The molecular weight excluding hydrogens is 592 g/mol. The number of nitro benzene ring substituents is 1. The lowest BCUT2D eigenvalue weighted by Gasteiger charge is -2.33. The van der Waals surface area contributed by atoms with E-state index in [0.29, 0.717) is 0 Å². The molecule has 0 radical (unpaired) electrons. The van der Waals surface area contributed by atoms with Gasteiger partial charge in [-0.05, 0) is 72.6 Å². The number of benzene rings is 3. The third-order valence-electron chi connectivity index (χ3n) is 6.35. The van der Waals surface area contributed by atoms with E-state index in [2.05, 4.69) is 0 Å². The molecule has 0 aromatic heterocycles. The van der Waals surface area contributed by atoms with Crippen molar-refractivity contribution in [1.29, 1.82) is 0 Å². The predicted molar refractivity (Wildman–Crippen MR) is 173 cm³/mol. The van der Waals surface area contributed by atoms with Gasteiger partial charge in [-0.2, -0.15) is 0 Å². The molecule has 11 nitrogen and oxygen atoms in total. The molecule has 0 aliphatic heterocycles. The summed E-state index contributed by atoms with van der Waals surface area (Å²) < 4.78 is 29.0. The topological polar surface area (TPSA) is 127 Å². The van der Waals surface area contributed by atoms with E-state index in [-0.39, 0.29) is 36.8 Å². The van der Waals surface area contributed by atoms with Crippen molar-refractivity contribution in [3.63, 3.8) is 0 Å². The molecule has 0 fully saturated rings. The molecule has 0 saturated carbocycles. The molecular formula is C35H44N2O9. The van der Waals surface area contributed by atoms with Crippen molar-refractivity contribution in [3.05, 3.63) is 99.6 Å². The highest BCUT2D eigenvalue weighted by atomic mass is 16.7. The maximum Gasteiger partial charge on any atom is 0.509 e.